The summed E-state index contributed by atoms with van der Waals surface area (Å²) in [7, 11) is -0.356. The maximum atomic E-state index is 6.38. The zero-order valence-corrected chi connectivity index (χ0v) is 14.9. The highest BCUT2D eigenvalue weighted by atomic mass is 16.7. The number of rotatable bonds is 5. The topological polar surface area (TPSA) is 53.7 Å². The van der Waals surface area contributed by atoms with Gasteiger partial charge in [-0.3, -0.25) is 0 Å². The summed E-state index contributed by atoms with van der Waals surface area (Å²) in [6.07, 6.45) is 2.53. The average molecular weight is 329 g/mol. The molecule has 5 atom stereocenters. The third-order valence-electron chi connectivity index (χ3n) is 6.74. The summed E-state index contributed by atoms with van der Waals surface area (Å²) in [5.74, 6) is 1.07. The first-order chi connectivity index (χ1) is 11.4. The van der Waals surface area contributed by atoms with E-state index in [4.69, 9.17) is 19.8 Å². The SMILES string of the molecule is CC1(C)C2CC3OB(C(N)COCc4ccccc4)OC3(C)C1C2. The molecule has 24 heavy (non-hydrogen) atoms. The van der Waals surface area contributed by atoms with Crippen LogP contribution in [0.25, 0.3) is 0 Å². The van der Waals surface area contributed by atoms with Crippen molar-refractivity contribution in [3.8, 4) is 0 Å². The summed E-state index contributed by atoms with van der Waals surface area (Å²) in [5.41, 5.74) is 7.63. The zero-order chi connectivity index (χ0) is 16.9. The zero-order valence-electron chi connectivity index (χ0n) is 14.9. The molecule has 1 heterocycles. The third kappa shape index (κ3) is 2.53. The van der Waals surface area contributed by atoms with Gasteiger partial charge in [0.05, 0.1) is 30.9 Å². The van der Waals surface area contributed by atoms with Gasteiger partial charge in [-0.2, -0.15) is 0 Å². The fourth-order valence-corrected chi connectivity index (χ4v) is 5.05. The molecule has 4 nitrogen and oxygen atoms in total. The lowest BCUT2D eigenvalue weighted by Crippen LogP contribution is -2.65. The third-order valence-corrected chi connectivity index (χ3v) is 6.74. The number of benzene rings is 1. The molecule has 4 aliphatic rings. The van der Waals surface area contributed by atoms with Crippen molar-refractivity contribution in [3.63, 3.8) is 0 Å². The average Bonchev–Trinajstić information content (AvgIpc) is 2.92. The minimum absolute atomic E-state index is 0.180. The highest BCUT2D eigenvalue weighted by Crippen LogP contribution is 2.65. The molecular weight excluding hydrogens is 301 g/mol. The van der Waals surface area contributed by atoms with E-state index < -0.39 is 0 Å². The number of hydrogen-bond acceptors (Lipinski definition) is 4. The molecule has 5 heteroatoms. The van der Waals surface area contributed by atoms with Gasteiger partial charge in [-0.1, -0.05) is 44.2 Å². The highest BCUT2D eigenvalue weighted by Gasteiger charge is 2.68. The van der Waals surface area contributed by atoms with E-state index in [1.165, 1.54) is 6.42 Å². The van der Waals surface area contributed by atoms with Gasteiger partial charge in [-0.05, 0) is 42.6 Å². The summed E-state index contributed by atoms with van der Waals surface area (Å²) in [6, 6.07) is 10.1. The predicted molar refractivity (Wildman–Crippen MR) is 94.2 cm³/mol. The van der Waals surface area contributed by atoms with Crippen molar-refractivity contribution in [2.24, 2.45) is 23.0 Å². The van der Waals surface area contributed by atoms with Crippen LogP contribution in [0, 0.1) is 17.3 Å². The first-order valence-electron chi connectivity index (χ1n) is 9.12. The van der Waals surface area contributed by atoms with Crippen LogP contribution in [0.1, 0.15) is 39.2 Å². The Kier molecular flexibility index (Phi) is 4.03. The van der Waals surface area contributed by atoms with Crippen LogP contribution >= 0.6 is 0 Å². The van der Waals surface area contributed by atoms with Crippen molar-refractivity contribution < 1.29 is 14.0 Å². The Morgan fingerprint density at radius 2 is 2.00 bits per heavy atom. The first-order valence-corrected chi connectivity index (χ1v) is 9.12. The molecule has 5 rings (SSSR count). The molecule has 1 aromatic rings. The van der Waals surface area contributed by atoms with E-state index in [2.05, 4.69) is 32.9 Å². The van der Waals surface area contributed by atoms with Gasteiger partial charge in [-0.25, -0.2) is 0 Å². The Hall–Kier alpha value is -0.875. The molecule has 3 saturated carbocycles. The molecule has 1 aromatic carbocycles. The summed E-state index contributed by atoms with van der Waals surface area (Å²) < 4.78 is 18.3. The van der Waals surface area contributed by atoms with Crippen LogP contribution < -0.4 is 5.73 Å². The van der Waals surface area contributed by atoms with Crippen LogP contribution in [0.15, 0.2) is 30.3 Å². The lowest BCUT2D eigenvalue weighted by atomic mass is 9.43. The maximum absolute atomic E-state index is 6.38. The molecule has 0 radical (unpaired) electrons. The van der Waals surface area contributed by atoms with Gasteiger partial charge < -0.3 is 19.8 Å². The van der Waals surface area contributed by atoms with Crippen LogP contribution in [0.5, 0.6) is 0 Å². The Morgan fingerprint density at radius 3 is 2.71 bits per heavy atom. The Morgan fingerprint density at radius 1 is 1.25 bits per heavy atom. The first kappa shape index (κ1) is 16.6. The minimum atomic E-state index is -0.356. The second-order valence-electron chi connectivity index (χ2n) is 8.50. The molecule has 0 spiro atoms. The highest BCUT2D eigenvalue weighted by molar-refractivity contribution is 6.47. The number of ether oxygens (including phenoxy) is 1. The second kappa shape index (κ2) is 5.84. The molecule has 1 aliphatic heterocycles. The summed E-state index contributed by atoms with van der Waals surface area (Å²) >= 11 is 0. The van der Waals surface area contributed by atoms with Crippen molar-refractivity contribution in [1.82, 2.24) is 0 Å². The summed E-state index contributed by atoms with van der Waals surface area (Å²) in [4.78, 5) is 0. The monoisotopic (exact) mass is 329 g/mol. The van der Waals surface area contributed by atoms with Gasteiger partial charge in [0.15, 0.2) is 0 Å². The van der Waals surface area contributed by atoms with Gasteiger partial charge in [0.1, 0.15) is 0 Å². The van der Waals surface area contributed by atoms with Crippen molar-refractivity contribution >= 4 is 7.12 Å². The van der Waals surface area contributed by atoms with Gasteiger partial charge in [0, 0.05) is 0 Å². The molecule has 0 amide bonds. The molecule has 4 fully saturated rings. The maximum Gasteiger partial charge on any atom is 0.478 e. The molecule has 0 aromatic heterocycles. The Balaban J connectivity index is 1.33. The van der Waals surface area contributed by atoms with Crippen LogP contribution in [-0.4, -0.2) is 31.4 Å². The minimum Gasteiger partial charge on any atom is -0.404 e. The van der Waals surface area contributed by atoms with E-state index in [1.807, 2.05) is 18.2 Å². The van der Waals surface area contributed by atoms with Crippen molar-refractivity contribution in [2.75, 3.05) is 6.61 Å². The van der Waals surface area contributed by atoms with Crippen molar-refractivity contribution in [1.29, 1.82) is 0 Å². The molecule has 2 bridgehead atoms. The van der Waals surface area contributed by atoms with E-state index in [1.54, 1.807) is 0 Å². The smallest absolute Gasteiger partial charge is 0.404 e. The van der Waals surface area contributed by atoms with Gasteiger partial charge in [0.2, 0.25) is 0 Å². The molecule has 3 aliphatic carbocycles. The van der Waals surface area contributed by atoms with Crippen molar-refractivity contribution in [2.45, 2.75) is 57.9 Å². The quantitative estimate of drug-likeness (QED) is 0.844. The van der Waals surface area contributed by atoms with E-state index in [9.17, 15) is 0 Å². The lowest BCUT2D eigenvalue weighted by molar-refractivity contribution is -0.199. The predicted octanol–water partition coefficient (Wildman–Crippen LogP) is 2.80. The van der Waals surface area contributed by atoms with Crippen LogP contribution in [0.2, 0.25) is 0 Å². The fourth-order valence-electron chi connectivity index (χ4n) is 5.05. The number of hydrogen-bond donors (Lipinski definition) is 1. The van der Waals surface area contributed by atoms with Gasteiger partial charge >= 0.3 is 7.12 Å². The molecule has 5 unspecified atom stereocenters. The van der Waals surface area contributed by atoms with Crippen LogP contribution in [-0.2, 0) is 20.7 Å². The molecule has 130 valence electrons. The van der Waals surface area contributed by atoms with Gasteiger partial charge in [-0.15, -0.1) is 0 Å². The summed E-state index contributed by atoms with van der Waals surface area (Å²) in [6.45, 7) is 7.97. The molecule has 1 saturated heterocycles. The fraction of sp³-hybridized carbons (Fsp3) is 0.684. The van der Waals surface area contributed by atoms with Crippen LogP contribution in [0.3, 0.4) is 0 Å². The van der Waals surface area contributed by atoms with E-state index >= 15 is 0 Å². The Bertz CT molecular complexity index is 596. The standard InChI is InChI=1S/C19H28BNO3/c1-18(2)14-9-15(18)19(3)16(10-14)23-20(24-19)17(21)12-22-11-13-7-5-4-6-8-13/h4-8,14-17H,9-12,21H2,1-3H3. The van der Waals surface area contributed by atoms with Gasteiger partial charge in [0.25, 0.3) is 0 Å². The Labute approximate surface area is 145 Å². The summed E-state index contributed by atoms with van der Waals surface area (Å²) in [5, 5.41) is 0. The largest absolute Gasteiger partial charge is 0.478 e. The normalized spacial score (nSPS) is 37.7. The van der Waals surface area contributed by atoms with Crippen LogP contribution in [0.4, 0.5) is 0 Å². The molecule has 2 N–H and O–H groups in total. The van der Waals surface area contributed by atoms with E-state index in [-0.39, 0.29) is 24.8 Å². The second-order valence-corrected chi connectivity index (χ2v) is 8.50. The van der Waals surface area contributed by atoms with E-state index in [0.717, 1.165) is 17.9 Å². The van der Waals surface area contributed by atoms with E-state index in [0.29, 0.717) is 24.5 Å². The molecular formula is C19H28BNO3. The lowest BCUT2D eigenvalue weighted by Gasteiger charge is -2.64. The van der Waals surface area contributed by atoms with Crippen molar-refractivity contribution in [3.05, 3.63) is 35.9 Å². The number of nitrogens with two attached hydrogens (primary N) is 1.